The zero-order valence-corrected chi connectivity index (χ0v) is 15.2. The van der Waals surface area contributed by atoms with Crippen molar-refractivity contribution in [2.24, 2.45) is 4.99 Å². The first-order valence-corrected chi connectivity index (χ1v) is 8.90. The summed E-state index contributed by atoms with van der Waals surface area (Å²) in [7, 11) is 0. The maximum absolute atomic E-state index is 4.76. The van der Waals surface area contributed by atoms with Gasteiger partial charge in [0.25, 0.3) is 0 Å². The first-order chi connectivity index (χ1) is 11.6. The van der Waals surface area contributed by atoms with Crippen LogP contribution in [0.5, 0.6) is 0 Å². The summed E-state index contributed by atoms with van der Waals surface area (Å²) in [5.41, 5.74) is 8.52. The molecule has 2 heterocycles. The highest BCUT2D eigenvalue weighted by atomic mass is 14.8. The van der Waals surface area contributed by atoms with E-state index in [9.17, 15) is 0 Å². The van der Waals surface area contributed by atoms with Gasteiger partial charge in [-0.05, 0) is 68.5 Å². The predicted molar refractivity (Wildman–Crippen MR) is 104 cm³/mol. The second-order valence-electron chi connectivity index (χ2n) is 6.71. The van der Waals surface area contributed by atoms with E-state index in [4.69, 9.17) is 4.99 Å². The van der Waals surface area contributed by atoms with E-state index in [2.05, 4.69) is 55.9 Å². The molecule has 0 saturated carbocycles. The molecule has 3 aromatic rings. The number of rotatable bonds is 6. The Bertz CT molecular complexity index is 865. The van der Waals surface area contributed by atoms with Gasteiger partial charge in [0.1, 0.15) is 0 Å². The van der Waals surface area contributed by atoms with Gasteiger partial charge in [0.15, 0.2) is 0 Å². The molecule has 2 N–H and O–H groups in total. The Morgan fingerprint density at radius 2 is 1.96 bits per heavy atom. The summed E-state index contributed by atoms with van der Waals surface area (Å²) < 4.78 is 0. The number of nitrogens with one attached hydrogen (secondary N) is 2. The van der Waals surface area contributed by atoms with Crippen molar-refractivity contribution in [3.63, 3.8) is 0 Å². The summed E-state index contributed by atoms with van der Waals surface area (Å²) in [4.78, 5) is 11.6. The Balaban J connectivity index is 1.89. The van der Waals surface area contributed by atoms with Crippen molar-refractivity contribution in [2.75, 3.05) is 0 Å². The van der Waals surface area contributed by atoms with Crippen molar-refractivity contribution < 1.29 is 0 Å². The maximum Gasteiger partial charge on any atom is 0.0874 e. The molecule has 0 fully saturated rings. The van der Waals surface area contributed by atoms with E-state index in [0.29, 0.717) is 0 Å². The van der Waals surface area contributed by atoms with Gasteiger partial charge in [-0.2, -0.15) is 0 Å². The molecule has 0 unspecified atom stereocenters. The van der Waals surface area contributed by atoms with Crippen molar-refractivity contribution in [1.82, 2.24) is 9.97 Å². The van der Waals surface area contributed by atoms with Gasteiger partial charge in [0.05, 0.1) is 23.1 Å². The van der Waals surface area contributed by atoms with Crippen LogP contribution in [0.4, 0.5) is 5.69 Å². The number of benzene rings is 1. The minimum Gasteiger partial charge on any atom is -0.359 e. The Hall–Kier alpha value is -2.29. The second kappa shape index (κ2) is 7.08. The molecular weight excluding hydrogens is 294 g/mol. The molecule has 2 aromatic heterocycles. The van der Waals surface area contributed by atoms with Crippen LogP contribution in [0.1, 0.15) is 54.3 Å². The van der Waals surface area contributed by atoms with Crippen LogP contribution in [0.15, 0.2) is 29.4 Å². The van der Waals surface area contributed by atoms with Crippen LogP contribution in [0, 0.1) is 20.8 Å². The van der Waals surface area contributed by atoms with E-state index >= 15 is 0 Å². The topological polar surface area (TPSA) is 43.9 Å². The van der Waals surface area contributed by atoms with Crippen molar-refractivity contribution in [1.29, 1.82) is 0 Å². The van der Waals surface area contributed by atoms with Gasteiger partial charge in [-0.1, -0.05) is 19.8 Å². The van der Waals surface area contributed by atoms with Gasteiger partial charge in [-0.3, -0.25) is 4.99 Å². The highest BCUT2D eigenvalue weighted by Gasteiger charge is 2.10. The number of fused-ring (bicyclic) bond motifs is 1. The molecule has 0 spiro atoms. The third-order valence-corrected chi connectivity index (χ3v) is 4.78. The van der Waals surface area contributed by atoms with Crippen molar-refractivity contribution in [3.05, 3.63) is 52.5 Å². The third-order valence-electron chi connectivity index (χ3n) is 4.78. The number of H-pyrrole nitrogens is 2. The fourth-order valence-corrected chi connectivity index (χ4v) is 3.41. The number of aliphatic imine (C=N–C) groups is 1. The Morgan fingerprint density at radius 3 is 2.75 bits per heavy atom. The number of aromatic nitrogens is 2. The zero-order chi connectivity index (χ0) is 17.1. The van der Waals surface area contributed by atoms with Gasteiger partial charge in [-0.15, -0.1) is 0 Å². The summed E-state index contributed by atoms with van der Waals surface area (Å²) in [6.07, 6.45) is 8.91. The molecule has 0 saturated heterocycles. The van der Waals surface area contributed by atoms with Crippen molar-refractivity contribution in [3.8, 4) is 0 Å². The number of unbranched alkanes of at least 4 members (excludes halogenated alkanes) is 2. The molecule has 3 rings (SSSR count). The van der Waals surface area contributed by atoms with E-state index in [1.54, 1.807) is 0 Å². The summed E-state index contributed by atoms with van der Waals surface area (Å²) in [5, 5.41) is 1.21. The van der Waals surface area contributed by atoms with Crippen LogP contribution in [-0.4, -0.2) is 16.2 Å². The standard InChI is InChI=1S/C21H27N3/c1-5-6-7-8-18-15(3)20(24-16(18)4)13-23-19-12-14(2)11-17-9-10-22-21(17)19/h9-13,22,24H,5-8H2,1-4H3. The van der Waals surface area contributed by atoms with Gasteiger partial charge in [0, 0.05) is 17.3 Å². The first kappa shape index (κ1) is 16.6. The Morgan fingerprint density at radius 1 is 1.12 bits per heavy atom. The summed E-state index contributed by atoms with van der Waals surface area (Å²) in [5.74, 6) is 0. The monoisotopic (exact) mass is 321 g/mol. The van der Waals surface area contributed by atoms with E-state index in [0.717, 1.165) is 23.3 Å². The van der Waals surface area contributed by atoms with E-state index in [-0.39, 0.29) is 0 Å². The van der Waals surface area contributed by atoms with Crippen LogP contribution in [0.3, 0.4) is 0 Å². The fraction of sp³-hybridized carbons (Fsp3) is 0.381. The summed E-state index contributed by atoms with van der Waals surface area (Å²) in [6.45, 7) is 8.73. The summed E-state index contributed by atoms with van der Waals surface area (Å²) >= 11 is 0. The van der Waals surface area contributed by atoms with Crippen molar-refractivity contribution >= 4 is 22.8 Å². The molecule has 0 atom stereocenters. The SMILES string of the molecule is CCCCCc1c(C)[nH]c(C=Nc2cc(C)cc3cc[nH]c23)c1C. The highest BCUT2D eigenvalue weighted by Crippen LogP contribution is 2.27. The molecule has 0 aliphatic carbocycles. The van der Waals surface area contributed by atoms with Gasteiger partial charge in [-0.25, -0.2) is 0 Å². The second-order valence-corrected chi connectivity index (χ2v) is 6.71. The number of aryl methyl sites for hydroxylation is 2. The van der Waals surface area contributed by atoms with Crippen molar-refractivity contribution in [2.45, 2.75) is 53.4 Å². The minimum absolute atomic E-state index is 0.995. The number of nitrogens with zero attached hydrogens (tertiary/aromatic N) is 1. The van der Waals surface area contributed by atoms with Crippen LogP contribution in [0.2, 0.25) is 0 Å². The fourth-order valence-electron chi connectivity index (χ4n) is 3.41. The molecule has 0 aliphatic rings. The lowest BCUT2D eigenvalue weighted by atomic mass is 10.0. The normalized spacial score (nSPS) is 11.8. The molecule has 0 aliphatic heterocycles. The van der Waals surface area contributed by atoms with Crippen LogP contribution >= 0.6 is 0 Å². The molecule has 3 nitrogen and oxygen atoms in total. The van der Waals surface area contributed by atoms with Gasteiger partial charge in [0.2, 0.25) is 0 Å². The average molecular weight is 321 g/mol. The largest absolute Gasteiger partial charge is 0.359 e. The molecule has 3 heteroatoms. The van der Waals surface area contributed by atoms with Crippen LogP contribution in [-0.2, 0) is 6.42 Å². The lowest BCUT2D eigenvalue weighted by Crippen LogP contribution is -1.90. The van der Waals surface area contributed by atoms with Gasteiger partial charge < -0.3 is 9.97 Å². The Kier molecular flexibility index (Phi) is 4.89. The molecular formula is C21H27N3. The Labute approximate surface area is 144 Å². The highest BCUT2D eigenvalue weighted by molar-refractivity contribution is 5.93. The first-order valence-electron chi connectivity index (χ1n) is 8.90. The number of aromatic amines is 2. The lowest BCUT2D eigenvalue weighted by molar-refractivity contribution is 0.714. The van der Waals surface area contributed by atoms with E-state index in [1.165, 1.54) is 47.0 Å². The maximum atomic E-state index is 4.76. The lowest BCUT2D eigenvalue weighted by Gasteiger charge is -2.02. The zero-order valence-electron chi connectivity index (χ0n) is 15.2. The molecule has 0 amide bonds. The average Bonchev–Trinajstić information content (AvgIpc) is 3.12. The molecule has 24 heavy (non-hydrogen) atoms. The number of hydrogen-bond acceptors (Lipinski definition) is 1. The third kappa shape index (κ3) is 3.30. The molecule has 0 radical (unpaired) electrons. The minimum atomic E-state index is 0.995. The molecule has 126 valence electrons. The summed E-state index contributed by atoms with van der Waals surface area (Å²) in [6, 6.07) is 6.40. The van der Waals surface area contributed by atoms with E-state index in [1.807, 2.05) is 12.4 Å². The quantitative estimate of drug-likeness (QED) is 0.419. The molecule has 1 aromatic carbocycles. The van der Waals surface area contributed by atoms with Gasteiger partial charge >= 0.3 is 0 Å². The predicted octanol–water partition coefficient (Wildman–Crippen LogP) is 5.90. The smallest absolute Gasteiger partial charge is 0.0874 e. The van der Waals surface area contributed by atoms with Crippen LogP contribution in [0.25, 0.3) is 10.9 Å². The molecule has 0 bridgehead atoms. The van der Waals surface area contributed by atoms with E-state index < -0.39 is 0 Å². The van der Waals surface area contributed by atoms with Crippen LogP contribution < -0.4 is 0 Å². The number of hydrogen-bond donors (Lipinski definition) is 2.